The Hall–Kier alpha value is -9.08. The molecule has 0 bridgehead atoms. The van der Waals surface area contributed by atoms with E-state index in [9.17, 15) is 55.2 Å². The van der Waals surface area contributed by atoms with Crippen LogP contribution in [0.3, 0.4) is 0 Å². The Labute approximate surface area is 537 Å². The largest absolute Gasteiger partial charge is 0.480 e. The van der Waals surface area contributed by atoms with Crippen molar-refractivity contribution in [2.24, 2.45) is 22.1 Å². The maximum Gasteiger partial charge on any atom is 0.326 e. The Morgan fingerprint density at radius 2 is 0.968 bits per heavy atom. The van der Waals surface area contributed by atoms with Gasteiger partial charge in [0.15, 0.2) is 0 Å². The lowest BCUT2D eigenvalue weighted by Gasteiger charge is -2.31. The highest BCUT2D eigenvalue weighted by Crippen LogP contribution is 2.47. The molecule has 10 aliphatic rings. The van der Waals surface area contributed by atoms with Gasteiger partial charge in [0.2, 0.25) is 49.6 Å². The maximum atomic E-state index is 13.9. The maximum absolute atomic E-state index is 13.9. The van der Waals surface area contributed by atoms with Crippen LogP contribution in [0, 0.1) is 11.8 Å². The first-order valence-corrected chi connectivity index (χ1v) is 34.5. The van der Waals surface area contributed by atoms with E-state index in [1.54, 1.807) is 6.08 Å². The third-order valence-electron chi connectivity index (χ3n) is 18.7. The van der Waals surface area contributed by atoms with Gasteiger partial charge in [0.1, 0.15) is 52.8 Å². The highest BCUT2D eigenvalue weighted by Gasteiger charge is 2.63. The summed E-state index contributed by atoms with van der Waals surface area (Å²) in [5.74, 6) is -5.06. The van der Waals surface area contributed by atoms with Gasteiger partial charge >= 0.3 is 5.97 Å². The van der Waals surface area contributed by atoms with Crippen LogP contribution in [-0.4, -0.2) is 157 Å². The van der Waals surface area contributed by atoms with Crippen molar-refractivity contribution in [1.82, 2.24) is 40.9 Å². The molecule has 25 nitrogen and oxygen atoms in total. The molecular weight excluding hydrogens is 1240 g/mol. The number of hydrogen-bond donors (Lipinski definition) is 8. The zero-order valence-electron chi connectivity index (χ0n) is 50.7. The number of carbonyl (C=O) groups is 8. The first-order valence-electron chi connectivity index (χ1n) is 31.4. The van der Waals surface area contributed by atoms with Gasteiger partial charge in [-0.05, 0) is 86.5 Å². The predicted octanol–water partition coefficient (Wildman–Crippen LogP) is 3.32. The van der Waals surface area contributed by atoms with Crippen molar-refractivity contribution in [3.05, 3.63) is 145 Å². The number of carboxylic acids is 1. The molecule has 8 N–H and O–H groups in total. The Bertz CT molecular complexity index is 3960. The van der Waals surface area contributed by atoms with Crippen LogP contribution in [-0.2, 0) is 68.1 Å². The fraction of sp³-hybridized carbons (Fsp3) is 0.424. The summed E-state index contributed by atoms with van der Waals surface area (Å²) in [5, 5.41) is 30.1. The van der Waals surface area contributed by atoms with Gasteiger partial charge in [0.25, 0.3) is 11.8 Å². The quantitative estimate of drug-likeness (QED) is 0.0452. The number of nitrogens with one attached hydrogen (secondary N) is 7. The van der Waals surface area contributed by atoms with Crippen LogP contribution >= 0.6 is 0 Å². The fourth-order valence-electron chi connectivity index (χ4n) is 13.0. The summed E-state index contributed by atoms with van der Waals surface area (Å²) in [6, 6.07) is 28.7. The van der Waals surface area contributed by atoms with Gasteiger partial charge in [-0.2, -0.15) is 0 Å². The molecule has 0 spiro atoms. The lowest BCUT2D eigenvalue weighted by molar-refractivity contribution is -0.143. The van der Waals surface area contributed by atoms with Crippen LogP contribution < -0.4 is 36.0 Å². The van der Waals surface area contributed by atoms with Gasteiger partial charge in [0.05, 0.1) is 23.1 Å². The minimum absolute atomic E-state index is 0.0313. The number of oxime groups is 2. The molecule has 6 aliphatic carbocycles. The van der Waals surface area contributed by atoms with Crippen molar-refractivity contribution >= 4 is 78.8 Å². The number of nitrogens with zero attached hydrogens (tertiary/aromatic N) is 3. The van der Waals surface area contributed by atoms with E-state index in [-0.39, 0.29) is 49.1 Å². The van der Waals surface area contributed by atoms with E-state index < -0.39 is 107 Å². The summed E-state index contributed by atoms with van der Waals surface area (Å²) in [6.45, 7) is 7.92. The van der Waals surface area contributed by atoms with E-state index >= 15 is 0 Å². The lowest BCUT2D eigenvalue weighted by Crippen LogP contribution is -2.58. The van der Waals surface area contributed by atoms with Gasteiger partial charge in [0, 0.05) is 66.3 Å². The van der Waals surface area contributed by atoms with Gasteiger partial charge < -0.3 is 46.3 Å². The predicted molar refractivity (Wildman–Crippen MR) is 339 cm³/mol. The number of likely N-dealkylation sites (tertiary alicyclic amines) is 1. The second-order valence-corrected chi connectivity index (χ2v) is 29.1. The van der Waals surface area contributed by atoms with Crippen molar-refractivity contribution in [2.45, 2.75) is 148 Å². The first kappa shape index (κ1) is 64.0. The summed E-state index contributed by atoms with van der Waals surface area (Å²) in [4.78, 5) is 113. The summed E-state index contributed by atoms with van der Waals surface area (Å²) in [5.41, 5.74) is 6.72. The molecule has 27 heteroatoms. The van der Waals surface area contributed by atoms with Crippen LogP contribution in [0.4, 0.5) is 0 Å². The molecule has 4 aromatic rings. The van der Waals surface area contributed by atoms with E-state index in [0.29, 0.717) is 89.3 Å². The molecule has 4 aromatic carbocycles. The summed E-state index contributed by atoms with van der Waals surface area (Å²) >= 11 is 0. The van der Waals surface area contributed by atoms with Crippen LogP contribution in [0.1, 0.15) is 112 Å². The molecule has 0 unspecified atom stereocenters. The average Bonchev–Trinajstić information content (AvgIpc) is 1.59. The van der Waals surface area contributed by atoms with Crippen molar-refractivity contribution in [3.8, 4) is 22.3 Å². The Morgan fingerprint density at radius 3 is 1.37 bits per heavy atom. The smallest absolute Gasteiger partial charge is 0.326 e. The standard InChI is InChI=1S/C33H35N5O7S.C27H28N4O5S.C6H9NO3/c1-2-19-17-33(19,32(42)37-46(43,44)21-14-15-21)35-30(40)27-16-20(18-38(27)31(41)26-12-7-13-28(39)34-26)45-36-29-24-10-5-3-8-22(24)23-9-4-6-11-25(23)29;1-2-16-14-27(16,26(33)31-37(34,35)18-11-12-18)29-25(32)23-13-17(15-28-23)36-30-24-21-9-5-3-7-19(21)20-8-4-6-10-22(20)24;8-5-3-1-2-4(7-5)6(9)10/h2-6,8-11,19-21,26-27H,1,7,12-18H2,(H,34,39)(H,35,40)(H,37,42);2-10,16-18,23,28H,1,11-15H2,(H,29,32)(H,31,33);4H,1-3H2,(H,7,8)(H,9,10)/t19-,20-,26+,27+,33-;16-,17-,23+,27-;4-/m110/s1. The van der Waals surface area contributed by atoms with E-state index in [0.717, 1.165) is 50.2 Å². The fourth-order valence-corrected chi connectivity index (χ4v) is 15.7. The minimum Gasteiger partial charge on any atom is -0.480 e. The summed E-state index contributed by atoms with van der Waals surface area (Å²) in [6.07, 6.45) is 8.06. The molecule has 4 heterocycles. The van der Waals surface area contributed by atoms with Crippen LogP contribution in [0.5, 0.6) is 0 Å². The molecule has 4 saturated heterocycles. The van der Waals surface area contributed by atoms with Gasteiger partial charge in [-0.1, -0.05) is 120 Å². The van der Waals surface area contributed by atoms with Crippen LogP contribution in [0.15, 0.2) is 133 Å². The third-order valence-corrected chi connectivity index (χ3v) is 22.3. The van der Waals surface area contributed by atoms with E-state index in [2.05, 4.69) is 71.6 Å². The Kier molecular flexibility index (Phi) is 17.8. The second-order valence-electron chi connectivity index (χ2n) is 25.2. The number of fused-ring (bicyclic) bond motifs is 6. The summed E-state index contributed by atoms with van der Waals surface area (Å²) in [7, 11) is -7.57. The Balaban J connectivity index is 0.000000158. The SMILES string of the molecule is C=C[C@@H]1C[C@]1(NC(=O)[C@@H]1C[C@@H](ON=C2c3ccccc3-c3ccccc32)CN1)C(=O)NS(=O)(=O)C1CC1.C=C[C@@H]1C[C@]1(NC(=O)[C@@H]1C[C@@H](ON=C2c3ccccc3-c3ccccc32)CN1C(=O)[C@@H]1CCCC(=O)N1)C(=O)NS(=O)(=O)C1CC1.O=C1CCC[C@@H](C(=O)O)N1. The normalized spacial score (nSPS) is 27.5. The number of carbonyl (C=O) groups excluding carboxylic acids is 7. The zero-order chi connectivity index (χ0) is 65.6. The lowest BCUT2D eigenvalue weighted by atomic mass is 10.0. The number of benzene rings is 4. The number of piperidine rings is 2. The van der Waals surface area contributed by atoms with Gasteiger partial charge in [-0.15, -0.1) is 13.2 Å². The molecule has 0 aromatic heterocycles. The number of carboxylic acid groups (broad SMARTS) is 1. The van der Waals surface area contributed by atoms with Crippen LogP contribution in [0.25, 0.3) is 22.3 Å². The molecule has 7 amide bonds. The van der Waals surface area contributed by atoms with Crippen molar-refractivity contribution < 1.29 is 70.0 Å². The molecule has 10 atom stereocenters. The van der Waals surface area contributed by atoms with Gasteiger partial charge in [-0.3, -0.25) is 43.0 Å². The van der Waals surface area contributed by atoms with Crippen molar-refractivity contribution in [1.29, 1.82) is 0 Å². The zero-order valence-corrected chi connectivity index (χ0v) is 52.3. The van der Waals surface area contributed by atoms with Crippen molar-refractivity contribution in [3.63, 3.8) is 0 Å². The summed E-state index contributed by atoms with van der Waals surface area (Å²) < 4.78 is 54.0. The highest BCUT2D eigenvalue weighted by atomic mass is 32.2. The number of hydrogen-bond acceptors (Lipinski definition) is 17. The molecule has 8 fully saturated rings. The number of aliphatic carboxylic acids is 1. The number of amides is 7. The Morgan fingerprint density at radius 1 is 0.559 bits per heavy atom. The number of sulfonamides is 2. The molecule has 4 aliphatic heterocycles. The third kappa shape index (κ3) is 13.3. The molecule has 14 rings (SSSR count). The average molecular weight is 1310 g/mol. The molecule has 93 heavy (non-hydrogen) atoms. The molecule has 4 saturated carbocycles. The van der Waals surface area contributed by atoms with Gasteiger partial charge in [-0.25, -0.2) is 21.6 Å². The molecule has 488 valence electrons. The van der Waals surface area contributed by atoms with E-state index in [4.69, 9.17) is 14.8 Å². The minimum atomic E-state index is -3.85. The number of rotatable bonds is 18. The monoisotopic (exact) mass is 1310 g/mol. The van der Waals surface area contributed by atoms with Crippen LogP contribution in [0.2, 0.25) is 0 Å². The first-order chi connectivity index (χ1) is 44.6. The highest BCUT2D eigenvalue weighted by molar-refractivity contribution is 7.91. The van der Waals surface area contributed by atoms with E-state index in [1.807, 2.05) is 84.9 Å². The van der Waals surface area contributed by atoms with Crippen molar-refractivity contribution in [2.75, 3.05) is 13.1 Å². The second kappa shape index (κ2) is 25.8. The topological polar surface area (TPSA) is 356 Å². The molecular formula is C66H72N10O15S2. The molecule has 0 radical (unpaired) electrons. The van der Waals surface area contributed by atoms with E-state index in [1.165, 1.54) is 11.0 Å².